The van der Waals surface area contributed by atoms with Gasteiger partial charge in [-0.3, -0.25) is 4.79 Å². The van der Waals surface area contributed by atoms with Crippen LogP contribution in [-0.2, 0) is 6.42 Å². The van der Waals surface area contributed by atoms with Crippen molar-refractivity contribution in [2.24, 2.45) is 0 Å². The average Bonchev–Trinajstić information content (AvgIpc) is 2.81. The van der Waals surface area contributed by atoms with E-state index in [-0.39, 0.29) is 11.9 Å². The van der Waals surface area contributed by atoms with Gasteiger partial charge in [0.25, 0.3) is 5.91 Å². The Labute approximate surface area is 123 Å². The fraction of sp³-hybridized carbons (Fsp3) is 0.250. The van der Waals surface area contributed by atoms with Gasteiger partial charge in [0.1, 0.15) is 5.15 Å². The number of rotatable bonds is 2. The number of carbonyl (C=O) groups is 1. The lowest BCUT2D eigenvalue weighted by molar-refractivity contribution is 0.0936. The first-order chi connectivity index (χ1) is 9.63. The van der Waals surface area contributed by atoms with Crippen LogP contribution in [0.4, 0.5) is 0 Å². The summed E-state index contributed by atoms with van der Waals surface area (Å²) in [6.07, 6.45) is 1.96. The molecule has 1 unspecified atom stereocenters. The minimum Gasteiger partial charge on any atom is -0.345 e. The first kappa shape index (κ1) is 13.1. The predicted octanol–water partition coefficient (Wildman–Crippen LogP) is 3.46. The second-order valence-electron chi connectivity index (χ2n) is 5.08. The quantitative estimate of drug-likeness (QED) is 0.859. The monoisotopic (exact) mass is 286 g/mol. The zero-order valence-electron chi connectivity index (χ0n) is 11.2. The smallest absolute Gasteiger partial charge is 0.251 e. The van der Waals surface area contributed by atoms with Gasteiger partial charge in [-0.1, -0.05) is 35.9 Å². The van der Waals surface area contributed by atoms with Gasteiger partial charge in [-0.05, 0) is 43.0 Å². The number of amides is 1. The van der Waals surface area contributed by atoms with E-state index in [0.29, 0.717) is 10.7 Å². The summed E-state index contributed by atoms with van der Waals surface area (Å²) in [5.41, 5.74) is 3.85. The standard InChI is InChI=1S/C16H15ClN2O/c1-10-8-12(9-15(17)18-10)16(20)19-14-7-6-11-4-2-3-5-13(11)14/h2-5,8-9,14H,6-7H2,1H3,(H,19,20). The van der Waals surface area contributed by atoms with E-state index in [2.05, 4.69) is 22.4 Å². The Morgan fingerprint density at radius 3 is 2.95 bits per heavy atom. The van der Waals surface area contributed by atoms with Crippen LogP contribution in [0, 0.1) is 6.92 Å². The summed E-state index contributed by atoms with van der Waals surface area (Å²) in [7, 11) is 0. The van der Waals surface area contributed by atoms with Crippen LogP contribution in [0.1, 0.15) is 39.6 Å². The number of halogens is 1. The Bertz CT molecular complexity index is 649. The molecule has 3 nitrogen and oxygen atoms in total. The Hall–Kier alpha value is -1.87. The van der Waals surface area contributed by atoms with Crippen LogP contribution in [0.2, 0.25) is 5.15 Å². The van der Waals surface area contributed by atoms with E-state index >= 15 is 0 Å². The van der Waals surface area contributed by atoms with Gasteiger partial charge < -0.3 is 5.32 Å². The number of hydrogen-bond acceptors (Lipinski definition) is 2. The van der Waals surface area contributed by atoms with Crippen molar-refractivity contribution in [3.8, 4) is 0 Å². The molecule has 0 bridgehead atoms. The van der Waals surface area contributed by atoms with Crippen molar-refractivity contribution in [1.82, 2.24) is 10.3 Å². The number of fused-ring (bicyclic) bond motifs is 1. The molecule has 1 aliphatic carbocycles. The van der Waals surface area contributed by atoms with E-state index in [0.717, 1.165) is 18.5 Å². The number of hydrogen-bond donors (Lipinski definition) is 1. The zero-order chi connectivity index (χ0) is 14.1. The van der Waals surface area contributed by atoms with Crippen LogP contribution >= 0.6 is 11.6 Å². The summed E-state index contributed by atoms with van der Waals surface area (Å²) in [6.45, 7) is 1.83. The highest BCUT2D eigenvalue weighted by Crippen LogP contribution is 2.30. The van der Waals surface area contributed by atoms with Crippen molar-refractivity contribution < 1.29 is 4.79 Å². The van der Waals surface area contributed by atoms with Gasteiger partial charge in [0.2, 0.25) is 0 Å². The molecule has 20 heavy (non-hydrogen) atoms. The molecule has 1 aliphatic rings. The summed E-state index contributed by atoms with van der Waals surface area (Å²) in [6, 6.07) is 11.7. The molecule has 1 amide bonds. The molecule has 0 spiro atoms. The molecule has 0 saturated heterocycles. The van der Waals surface area contributed by atoms with Crippen molar-refractivity contribution in [3.05, 3.63) is 63.9 Å². The Kier molecular flexibility index (Phi) is 3.45. The van der Waals surface area contributed by atoms with Crippen molar-refractivity contribution >= 4 is 17.5 Å². The molecule has 0 aliphatic heterocycles. The highest BCUT2D eigenvalue weighted by atomic mass is 35.5. The third kappa shape index (κ3) is 2.54. The van der Waals surface area contributed by atoms with Gasteiger partial charge in [0, 0.05) is 11.3 Å². The van der Waals surface area contributed by atoms with Gasteiger partial charge in [0.15, 0.2) is 0 Å². The topological polar surface area (TPSA) is 42.0 Å². The molecular weight excluding hydrogens is 272 g/mol. The molecule has 102 valence electrons. The Balaban J connectivity index is 1.80. The van der Waals surface area contributed by atoms with Crippen molar-refractivity contribution in [2.45, 2.75) is 25.8 Å². The molecule has 1 N–H and O–H groups in total. The molecule has 4 heteroatoms. The van der Waals surface area contributed by atoms with E-state index in [9.17, 15) is 4.79 Å². The molecule has 2 aromatic rings. The maximum atomic E-state index is 12.3. The molecule has 0 saturated carbocycles. The normalized spacial score (nSPS) is 16.8. The second kappa shape index (κ2) is 5.25. The number of benzene rings is 1. The van der Waals surface area contributed by atoms with Gasteiger partial charge in [0.05, 0.1) is 6.04 Å². The third-order valence-electron chi connectivity index (χ3n) is 3.62. The molecule has 1 atom stereocenters. The number of aromatic nitrogens is 1. The highest BCUT2D eigenvalue weighted by molar-refractivity contribution is 6.29. The number of aryl methyl sites for hydroxylation is 2. The van der Waals surface area contributed by atoms with E-state index in [1.807, 2.05) is 19.1 Å². The van der Waals surface area contributed by atoms with Crippen LogP contribution in [0.5, 0.6) is 0 Å². The van der Waals surface area contributed by atoms with Gasteiger partial charge in [-0.25, -0.2) is 4.98 Å². The van der Waals surface area contributed by atoms with E-state index < -0.39 is 0 Å². The third-order valence-corrected chi connectivity index (χ3v) is 3.82. The number of nitrogens with zero attached hydrogens (tertiary/aromatic N) is 1. The van der Waals surface area contributed by atoms with Crippen LogP contribution in [0.25, 0.3) is 0 Å². The summed E-state index contributed by atoms with van der Waals surface area (Å²) in [5, 5.41) is 3.43. The molecule has 1 aromatic carbocycles. The van der Waals surface area contributed by atoms with Crippen molar-refractivity contribution in [3.63, 3.8) is 0 Å². The fourth-order valence-corrected chi connectivity index (χ4v) is 2.96. The SMILES string of the molecule is Cc1cc(C(=O)NC2CCc3ccccc32)cc(Cl)n1. The van der Waals surface area contributed by atoms with E-state index in [4.69, 9.17) is 11.6 Å². The highest BCUT2D eigenvalue weighted by Gasteiger charge is 2.23. The number of pyridine rings is 1. The fourth-order valence-electron chi connectivity index (χ4n) is 2.71. The molecule has 0 fully saturated rings. The van der Waals surface area contributed by atoms with Gasteiger partial charge >= 0.3 is 0 Å². The summed E-state index contributed by atoms with van der Waals surface area (Å²) in [5.74, 6) is -0.0981. The maximum absolute atomic E-state index is 12.3. The molecular formula is C16H15ClN2O. The first-order valence-electron chi connectivity index (χ1n) is 6.66. The lowest BCUT2D eigenvalue weighted by Gasteiger charge is -2.14. The van der Waals surface area contributed by atoms with Crippen LogP contribution in [0.15, 0.2) is 36.4 Å². The second-order valence-corrected chi connectivity index (χ2v) is 5.47. The minimum absolute atomic E-state index is 0.0888. The lowest BCUT2D eigenvalue weighted by Crippen LogP contribution is -2.27. The minimum atomic E-state index is -0.0981. The van der Waals surface area contributed by atoms with E-state index in [1.54, 1.807) is 12.1 Å². The maximum Gasteiger partial charge on any atom is 0.251 e. The molecule has 0 radical (unpaired) electrons. The summed E-state index contributed by atoms with van der Waals surface area (Å²) < 4.78 is 0. The Morgan fingerprint density at radius 2 is 2.15 bits per heavy atom. The van der Waals surface area contributed by atoms with Crippen LogP contribution in [0.3, 0.4) is 0 Å². The van der Waals surface area contributed by atoms with Gasteiger partial charge in [-0.15, -0.1) is 0 Å². The zero-order valence-corrected chi connectivity index (χ0v) is 11.9. The summed E-state index contributed by atoms with van der Waals surface area (Å²) >= 11 is 5.90. The average molecular weight is 287 g/mol. The molecule has 1 heterocycles. The molecule has 3 rings (SSSR count). The lowest BCUT2D eigenvalue weighted by atomic mass is 10.1. The summed E-state index contributed by atoms with van der Waals surface area (Å²) in [4.78, 5) is 16.4. The Morgan fingerprint density at radius 1 is 1.35 bits per heavy atom. The first-order valence-corrected chi connectivity index (χ1v) is 7.04. The van der Waals surface area contributed by atoms with Crippen LogP contribution < -0.4 is 5.32 Å². The number of nitrogens with one attached hydrogen (secondary N) is 1. The van der Waals surface area contributed by atoms with Crippen LogP contribution in [-0.4, -0.2) is 10.9 Å². The predicted molar refractivity (Wildman–Crippen MR) is 79.0 cm³/mol. The van der Waals surface area contributed by atoms with Crippen molar-refractivity contribution in [2.75, 3.05) is 0 Å². The largest absolute Gasteiger partial charge is 0.345 e. The van der Waals surface area contributed by atoms with Gasteiger partial charge in [-0.2, -0.15) is 0 Å². The van der Waals surface area contributed by atoms with Crippen molar-refractivity contribution in [1.29, 1.82) is 0 Å². The van der Waals surface area contributed by atoms with E-state index in [1.165, 1.54) is 11.1 Å². The molecule has 1 aromatic heterocycles. The number of carbonyl (C=O) groups excluding carboxylic acids is 1.